The molecule has 0 radical (unpaired) electrons. The van der Waals surface area contributed by atoms with Crippen LogP contribution in [0.5, 0.6) is 0 Å². The van der Waals surface area contributed by atoms with Crippen molar-refractivity contribution in [2.45, 2.75) is 26.3 Å². The zero-order valence-electron chi connectivity index (χ0n) is 12.6. The number of hydrogen-bond donors (Lipinski definition) is 2. The third-order valence-electron chi connectivity index (χ3n) is 3.96. The first-order valence-electron chi connectivity index (χ1n) is 7.05. The van der Waals surface area contributed by atoms with Gasteiger partial charge in [0, 0.05) is 31.2 Å². The highest BCUT2D eigenvalue weighted by Crippen LogP contribution is 2.30. The van der Waals surface area contributed by atoms with Crippen molar-refractivity contribution in [2.24, 2.45) is 0 Å². The second-order valence-corrected chi connectivity index (χ2v) is 6.65. The van der Waals surface area contributed by atoms with Gasteiger partial charge in [-0.1, -0.05) is 23.2 Å². The standard InChI is InChI=1S/C15H21Cl2N3O/c1-10-8-12(17)13(9-11(10)16)19-14(21)15(2,3)20-6-4-18-5-7-20/h8-9,18H,4-7H2,1-3H3,(H,19,21). The van der Waals surface area contributed by atoms with E-state index in [0.717, 1.165) is 31.7 Å². The minimum atomic E-state index is -0.594. The molecule has 4 nitrogen and oxygen atoms in total. The number of rotatable bonds is 3. The van der Waals surface area contributed by atoms with E-state index in [0.29, 0.717) is 15.7 Å². The Hall–Kier alpha value is -0.810. The third kappa shape index (κ3) is 3.69. The number of halogens is 2. The molecule has 0 unspecified atom stereocenters. The Labute approximate surface area is 135 Å². The molecule has 2 rings (SSSR count). The fourth-order valence-corrected chi connectivity index (χ4v) is 2.81. The van der Waals surface area contributed by atoms with Crippen LogP contribution in [0, 0.1) is 6.92 Å². The number of piperazine rings is 1. The summed E-state index contributed by atoms with van der Waals surface area (Å²) in [5.74, 6) is -0.0776. The van der Waals surface area contributed by atoms with Gasteiger partial charge < -0.3 is 10.6 Å². The average Bonchev–Trinajstić information content (AvgIpc) is 2.45. The van der Waals surface area contributed by atoms with Gasteiger partial charge in [0.2, 0.25) is 5.91 Å². The van der Waals surface area contributed by atoms with Crippen LogP contribution in [0.2, 0.25) is 10.0 Å². The minimum absolute atomic E-state index is 0.0776. The molecule has 6 heteroatoms. The lowest BCUT2D eigenvalue weighted by atomic mass is 10.00. The molecule has 1 saturated heterocycles. The lowest BCUT2D eigenvalue weighted by molar-refractivity contribution is -0.126. The molecule has 0 aliphatic carbocycles. The van der Waals surface area contributed by atoms with Gasteiger partial charge in [-0.05, 0) is 38.5 Å². The summed E-state index contributed by atoms with van der Waals surface area (Å²) in [7, 11) is 0. The van der Waals surface area contributed by atoms with Crippen molar-refractivity contribution >= 4 is 34.8 Å². The minimum Gasteiger partial charge on any atom is -0.323 e. The van der Waals surface area contributed by atoms with E-state index in [9.17, 15) is 4.79 Å². The van der Waals surface area contributed by atoms with Crippen molar-refractivity contribution in [2.75, 3.05) is 31.5 Å². The number of amides is 1. The number of hydrogen-bond acceptors (Lipinski definition) is 3. The lowest BCUT2D eigenvalue weighted by Gasteiger charge is -2.39. The van der Waals surface area contributed by atoms with Crippen molar-refractivity contribution in [1.82, 2.24) is 10.2 Å². The summed E-state index contributed by atoms with van der Waals surface area (Å²) in [6, 6.07) is 3.46. The predicted octanol–water partition coefficient (Wildman–Crippen LogP) is 2.92. The highest BCUT2D eigenvalue weighted by molar-refractivity contribution is 6.36. The van der Waals surface area contributed by atoms with E-state index >= 15 is 0 Å². The van der Waals surface area contributed by atoms with E-state index < -0.39 is 5.54 Å². The number of nitrogens with zero attached hydrogens (tertiary/aromatic N) is 1. The smallest absolute Gasteiger partial charge is 0.244 e. The Bertz CT molecular complexity index is 540. The SMILES string of the molecule is Cc1cc(Cl)c(NC(=O)C(C)(C)N2CCNCC2)cc1Cl. The van der Waals surface area contributed by atoms with Crippen molar-refractivity contribution in [3.63, 3.8) is 0 Å². The number of nitrogens with one attached hydrogen (secondary N) is 2. The Morgan fingerprint density at radius 1 is 1.24 bits per heavy atom. The second-order valence-electron chi connectivity index (χ2n) is 5.83. The summed E-state index contributed by atoms with van der Waals surface area (Å²) >= 11 is 12.3. The van der Waals surface area contributed by atoms with E-state index in [1.54, 1.807) is 12.1 Å². The molecule has 0 bridgehead atoms. The molecule has 0 aromatic heterocycles. The van der Waals surface area contributed by atoms with Gasteiger partial charge in [0.1, 0.15) is 0 Å². The van der Waals surface area contributed by atoms with E-state index in [1.807, 2.05) is 20.8 Å². The summed E-state index contributed by atoms with van der Waals surface area (Å²) in [5, 5.41) is 7.28. The zero-order valence-corrected chi connectivity index (χ0v) is 14.1. The number of carbonyl (C=O) groups is 1. The first-order valence-corrected chi connectivity index (χ1v) is 7.81. The molecule has 116 valence electrons. The van der Waals surface area contributed by atoms with Gasteiger partial charge in [0.15, 0.2) is 0 Å². The van der Waals surface area contributed by atoms with Crippen molar-refractivity contribution in [1.29, 1.82) is 0 Å². The topological polar surface area (TPSA) is 44.4 Å². The zero-order chi connectivity index (χ0) is 15.6. The molecule has 1 heterocycles. The van der Waals surface area contributed by atoms with Gasteiger partial charge >= 0.3 is 0 Å². The highest BCUT2D eigenvalue weighted by atomic mass is 35.5. The van der Waals surface area contributed by atoms with E-state index in [-0.39, 0.29) is 5.91 Å². The van der Waals surface area contributed by atoms with Crippen LogP contribution in [0.1, 0.15) is 19.4 Å². The fraction of sp³-hybridized carbons (Fsp3) is 0.533. The number of carbonyl (C=O) groups excluding carboxylic acids is 1. The molecule has 1 amide bonds. The molecule has 1 aliphatic rings. The predicted molar refractivity (Wildman–Crippen MR) is 88.4 cm³/mol. The van der Waals surface area contributed by atoms with Crippen LogP contribution in [-0.2, 0) is 4.79 Å². The second kappa shape index (κ2) is 6.53. The maximum Gasteiger partial charge on any atom is 0.244 e. The monoisotopic (exact) mass is 329 g/mol. The van der Waals surface area contributed by atoms with Gasteiger partial charge in [-0.25, -0.2) is 0 Å². The van der Waals surface area contributed by atoms with E-state index in [1.165, 1.54) is 0 Å². The van der Waals surface area contributed by atoms with Crippen LogP contribution < -0.4 is 10.6 Å². The van der Waals surface area contributed by atoms with E-state index in [4.69, 9.17) is 23.2 Å². The van der Waals surface area contributed by atoms with Crippen molar-refractivity contribution < 1.29 is 4.79 Å². The number of benzene rings is 1. The van der Waals surface area contributed by atoms with E-state index in [2.05, 4.69) is 15.5 Å². The molecule has 0 atom stereocenters. The quantitative estimate of drug-likeness (QED) is 0.896. The van der Waals surface area contributed by atoms with Crippen molar-refractivity contribution in [3.05, 3.63) is 27.7 Å². The molecular formula is C15H21Cl2N3O. The largest absolute Gasteiger partial charge is 0.323 e. The summed E-state index contributed by atoms with van der Waals surface area (Å²) in [5.41, 5.74) is 0.851. The Balaban J connectivity index is 2.15. The molecule has 2 N–H and O–H groups in total. The molecule has 1 fully saturated rings. The van der Waals surface area contributed by atoms with Gasteiger partial charge in [-0.2, -0.15) is 0 Å². The molecule has 1 aromatic carbocycles. The fourth-order valence-electron chi connectivity index (χ4n) is 2.38. The van der Waals surface area contributed by atoms with Gasteiger partial charge in [-0.3, -0.25) is 9.69 Å². The third-order valence-corrected chi connectivity index (χ3v) is 4.68. The van der Waals surface area contributed by atoms with Crippen LogP contribution in [0.3, 0.4) is 0 Å². The molecule has 0 spiro atoms. The van der Waals surface area contributed by atoms with Crippen LogP contribution in [0.15, 0.2) is 12.1 Å². The van der Waals surface area contributed by atoms with Gasteiger partial charge in [0.25, 0.3) is 0 Å². The van der Waals surface area contributed by atoms with Gasteiger partial charge in [-0.15, -0.1) is 0 Å². The molecule has 1 aromatic rings. The van der Waals surface area contributed by atoms with Crippen LogP contribution in [-0.4, -0.2) is 42.5 Å². The normalized spacial score (nSPS) is 16.8. The summed E-state index contributed by atoms with van der Waals surface area (Å²) in [4.78, 5) is 14.8. The van der Waals surface area contributed by atoms with Gasteiger partial charge in [0.05, 0.1) is 16.2 Å². The lowest BCUT2D eigenvalue weighted by Crippen LogP contribution is -2.58. The Morgan fingerprint density at radius 2 is 1.86 bits per heavy atom. The average molecular weight is 330 g/mol. The molecule has 21 heavy (non-hydrogen) atoms. The summed E-state index contributed by atoms with van der Waals surface area (Å²) in [6.45, 7) is 9.23. The first kappa shape index (κ1) is 16.6. The van der Waals surface area contributed by atoms with Crippen LogP contribution >= 0.6 is 23.2 Å². The van der Waals surface area contributed by atoms with Crippen LogP contribution in [0.25, 0.3) is 0 Å². The molecular weight excluding hydrogens is 309 g/mol. The maximum atomic E-state index is 12.6. The Morgan fingerprint density at radius 3 is 2.48 bits per heavy atom. The maximum absolute atomic E-state index is 12.6. The number of anilines is 1. The van der Waals surface area contributed by atoms with Crippen LogP contribution in [0.4, 0.5) is 5.69 Å². The van der Waals surface area contributed by atoms with Crippen molar-refractivity contribution in [3.8, 4) is 0 Å². The highest BCUT2D eigenvalue weighted by Gasteiger charge is 2.35. The number of aryl methyl sites for hydroxylation is 1. The summed E-state index contributed by atoms with van der Waals surface area (Å²) < 4.78 is 0. The molecule has 1 aliphatic heterocycles. The summed E-state index contributed by atoms with van der Waals surface area (Å²) in [6.07, 6.45) is 0. The molecule has 0 saturated carbocycles. The Kier molecular flexibility index (Phi) is 5.15. The first-order chi connectivity index (χ1) is 9.82.